The molecule has 3 aromatic rings. The Bertz CT molecular complexity index is 941. The Morgan fingerprint density at radius 3 is 2.48 bits per heavy atom. The van der Waals surface area contributed by atoms with Crippen LogP contribution < -0.4 is 4.74 Å². The number of aromatic hydroxyl groups is 1. The molecule has 5 heteroatoms. The highest BCUT2D eigenvalue weighted by Crippen LogP contribution is 2.43. The lowest BCUT2D eigenvalue weighted by Gasteiger charge is -2.23. The summed E-state index contributed by atoms with van der Waals surface area (Å²) in [5.74, 6) is 1.07. The Balaban J connectivity index is 1.86. The van der Waals surface area contributed by atoms with Gasteiger partial charge in [0.1, 0.15) is 22.5 Å². The molecule has 0 radical (unpaired) electrons. The van der Waals surface area contributed by atoms with Crippen molar-refractivity contribution in [2.45, 2.75) is 71.6 Å². The van der Waals surface area contributed by atoms with Crippen LogP contribution in [0.3, 0.4) is 0 Å². The fourth-order valence-electron chi connectivity index (χ4n) is 3.63. The minimum atomic E-state index is -0.212. The minimum Gasteiger partial charge on any atom is -0.507 e. The largest absolute Gasteiger partial charge is 0.507 e. The highest BCUT2D eigenvalue weighted by Gasteiger charge is 2.23. The first-order valence-corrected chi connectivity index (χ1v) is 10.7. The van der Waals surface area contributed by atoms with Crippen LogP contribution >= 0.6 is 0 Å². The van der Waals surface area contributed by atoms with E-state index in [-0.39, 0.29) is 11.2 Å². The zero-order valence-corrected chi connectivity index (χ0v) is 18.1. The molecule has 0 atom stereocenters. The van der Waals surface area contributed by atoms with Crippen molar-refractivity contribution in [2.24, 2.45) is 0 Å². The normalized spacial score (nSPS) is 11.9. The molecule has 0 spiro atoms. The second-order valence-electron chi connectivity index (χ2n) is 8.73. The highest BCUT2D eigenvalue weighted by atomic mass is 16.5. The number of nitrogens with one attached hydrogen (secondary N) is 1. The third-order valence-electron chi connectivity index (χ3n) is 5.30. The Kier molecular flexibility index (Phi) is 6.78. The van der Waals surface area contributed by atoms with Gasteiger partial charge in [-0.1, -0.05) is 71.9 Å². The van der Waals surface area contributed by atoms with Gasteiger partial charge in [-0.2, -0.15) is 15.4 Å². The van der Waals surface area contributed by atoms with Crippen molar-refractivity contribution in [1.29, 1.82) is 0 Å². The molecule has 0 saturated carbocycles. The van der Waals surface area contributed by atoms with Crippen molar-refractivity contribution >= 4 is 11.0 Å². The number of hydrogen-bond donors (Lipinski definition) is 2. The van der Waals surface area contributed by atoms with Crippen LogP contribution in [0.1, 0.15) is 71.8 Å². The van der Waals surface area contributed by atoms with Crippen molar-refractivity contribution < 1.29 is 9.84 Å². The van der Waals surface area contributed by atoms with Gasteiger partial charge < -0.3 is 9.84 Å². The number of aromatic nitrogens is 3. The summed E-state index contributed by atoms with van der Waals surface area (Å²) in [6.45, 7) is 9.21. The summed E-state index contributed by atoms with van der Waals surface area (Å²) in [5, 5.41) is 22.2. The first-order chi connectivity index (χ1) is 13.9. The number of unbranched alkanes of at least 4 members (excludes halogenated alkanes) is 5. The Hall–Kier alpha value is -2.56. The van der Waals surface area contributed by atoms with Crippen LogP contribution in [0.2, 0.25) is 0 Å². The molecule has 0 unspecified atom stereocenters. The molecular weight excluding hydrogens is 362 g/mol. The quantitative estimate of drug-likeness (QED) is 0.413. The highest BCUT2D eigenvalue weighted by molar-refractivity contribution is 5.93. The number of hydrogen-bond acceptors (Lipinski definition) is 4. The number of ether oxygens (including phenoxy) is 1. The number of H-pyrrole nitrogens is 1. The fraction of sp³-hybridized carbons (Fsp3) is 0.500. The number of rotatable bonds is 9. The lowest BCUT2D eigenvalue weighted by Crippen LogP contribution is -2.12. The Morgan fingerprint density at radius 2 is 1.72 bits per heavy atom. The first kappa shape index (κ1) is 21.2. The molecule has 0 bridgehead atoms. The van der Waals surface area contributed by atoms with Crippen LogP contribution in [0, 0.1) is 0 Å². The summed E-state index contributed by atoms with van der Waals surface area (Å²) in [7, 11) is 0. The van der Waals surface area contributed by atoms with Crippen LogP contribution in [0.25, 0.3) is 22.2 Å². The summed E-state index contributed by atoms with van der Waals surface area (Å²) in [6.07, 6.45) is 7.37. The third kappa shape index (κ3) is 5.08. The SMILES string of the molecule is CCCCCCCCOc1cc(-c2cccc3n[nH]nc23)c(O)c(C(C)(C)C)c1. The maximum Gasteiger partial charge on any atom is 0.127 e. The van der Waals surface area contributed by atoms with Crippen molar-refractivity contribution in [2.75, 3.05) is 6.61 Å². The second kappa shape index (κ2) is 9.29. The first-order valence-electron chi connectivity index (χ1n) is 10.7. The van der Waals surface area contributed by atoms with Crippen molar-refractivity contribution in [1.82, 2.24) is 15.4 Å². The van der Waals surface area contributed by atoms with E-state index in [9.17, 15) is 5.11 Å². The van der Waals surface area contributed by atoms with E-state index >= 15 is 0 Å². The molecule has 1 aromatic heterocycles. The smallest absolute Gasteiger partial charge is 0.127 e. The van der Waals surface area contributed by atoms with Gasteiger partial charge >= 0.3 is 0 Å². The topological polar surface area (TPSA) is 71.0 Å². The van der Waals surface area contributed by atoms with Crippen LogP contribution in [0.4, 0.5) is 0 Å². The summed E-state index contributed by atoms with van der Waals surface area (Å²) >= 11 is 0. The Labute approximate surface area is 173 Å². The number of benzene rings is 2. The molecule has 29 heavy (non-hydrogen) atoms. The molecule has 0 aliphatic carbocycles. The predicted octanol–water partition coefficient (Wildman–Crippen LogP) is 6.37. The molecule has 2 aromatic carbocycles. The van der Waals surface area contributed by atoms with Crippen molar-refractivity contribution in [3.63, 3.8) is 0 Å². The summed E-state index contributed by atoms with van der Waals surface area (Å²) in [6, 6.07) is 9.69. The number of phenols is 1. The van der Waals surface area contributed by atoms with E-state index in [4.69, 9.17) is 4.74 Å². The summed E-state index contributed by atoms with van der Waals surface area (Å²) < 4.78 is 6.10. The van der Waals surface area contributed by atoms with Crippen LogP contribution in [-0.2, 0) is 5.41 Å². The maximum atomic E-state index is 11.1. The van der Waals surface area contributed by atoms with Gasteiger partial charge in [-0.05, 0) is 30.0 Å². The van der Waals surface area contributed by atoms with Gasteiger partial charge in [0.2, 0.25) is 0 Å². The molecule has 1 heterocycles. The minimum absolute atomic E-state index is 0.212. The standard InChI is InChI=1S/C24H33N3O2/c1-5-6-7-8-9-10-14-29-17-15-19(23(28)20(16-17)24(2,3)4)18-12-11-13-21-22(18)26-27-25-21/h11-13,15-16,28H,5-10,14H2,1-4H3,(H,25,26,27). The van der Waals surface area contributed by atoms with Gasteiger partial charge in [0.25, 0.3) is 0 Å². The molecular formula is C24H33N3O2. The van der Waals surface area contributed by atoms with Gasteiger partial charge in [0, 0.05) is 16.7 Å². The number of fused-ring (bicyclic) bond motifs is 1. The molecule has 3 rings (SSSR count). The second-order valence-corrected chi connectivity index (χ2v) is 8.73. The van der Waals surface area contributed by atoms with Gasteiger partial charge in [-0.15, -0.1) is 0 Å². The van der Waals surface area contributed by atoms with Crippen molar-refractivity contribution in [3.8, 4) is 22.6 Å². The van der Waals surface area contributed by atoms with Gasteiger partial charge in [-0.25, -0.2) is 0 Å². The monoisotopic (exact) mass is 395 g/mol. The van der Waals surface area contributed by atoms with Gasteiger partial charge in [-0.3, -0.25) is 0 Å². The van der Waals surface area contributed by atoms with Crippen LogP contribution in [-0.4, -0.2) is 27.1 Å². The fourth-order valence-corrected chi connectivity index (χ4v) is 3.63. The summed E-state index contributed by atoms with van der Waals surface area (Å²) in [4.78, 5) is 0. The maximum absolute atomic E-state index is 11.1. The van der Waals surface area contributed by atoms with E-state index in [0.29, 0.717) is 6.61 Å². The molecule has 0 aliphatic rings. The summed E-state index contributed by atoms with van der Waals surface area (Å²) in [5.41, 5.74) is 3.76. The van der Waals surface area contributed by atoms with Gasteiger partial charge in [0.15, 0.2) is 0 Å². The van der Waals surface area contributed by atoms with Gasteiger partial charge in [0.05, 0.1) is 6.61 Å². The lowest BCUT2D eigenvalue weighted by molar-refractivity contribution is 0.303. The molecule has 5 nitrogen and oxygen atoms in total. The van der Waals surface area contributed by atoms with E-state index < -0.39 is 0 Å². The van der Waals surface area contributed by atoms with Crippen LogP contribution in [0.15, 0.2) is 30.3 Å². The van der Waals surface area contributed by atoms with E-state index in [1.807, 2.05) is 30.3 Å². The molecule has 0 fully saturated rings. The zero-order valence-electron chi connectivity index (χ0n) is 18.1. The number of phenolic OH excluding ortho intramolecular Hbond substituents is 1. The zero-order chi connectivity index (χ0) is 20.9. The number of para-hydroxylation sites is 1. The van der Waals surface area contributed by atoms with Crippen molar-refractivity contribution in [3.05, 3.63) is 35.9 Å². The molecule has 0 aliphatic heterocycles. The third-order valence-corrected chi connectivity index (χ3v) is 5.30. The number of nitrogens with zero attached hydrogens (tertiary/aromatic N) is 2. The van der Waals surface area contributed by atoms with E-state index in [2.05, 4.69) is 43.1 Å². The molecule has 156 valence electrons. The van der Waals surface area contributed by atoms with E-state index in [1.165, 1.54) is 32.1 Å². The lowest BCUT2D eigenvalue weighted by atomic mass is 9.84. The molecule has 0 amide bonds. The number of aromatic amines is 1. The average molecular weight is 396 g/mol. The van der Waals surface area contributed by atoms with Crippen LogP contribution in [0.5, 0.6) is 11.5 Å². The Morgan fingerprint density at radius 1 is 0.966 bits per heavy atom. The molecule has 2 N–H and O–H groups in total. The predicted molar refractivity (Wildman–Crippen MR) is 119 cm³/mol. The molecule has 0 saturated heterocycles. The average Bonchev–Trinajstić information content (AvgIpc) is 3.16. The van der Waals surface area contributed by atoms with E-state index in [0.717, 1.165) is 39.9 Å². The van der Waals surface area contributed by atoms with E-state index in [1.54, 1.807) is 0 Å².